The highest BCUT2D eigenvalue weighted by Crippen LogP contribution is 2.19. The molecule has 0 aromatic heterocycles. The van der Waals surface area contributed by atoms with E-state index >= 15 is 0 Å². The van der Waals surface area contributed by atoms with Gasteiger partial charge in [-0.1, -0.05) is 38.1 Å². The lowest BCUT2D eigenvalue weighted by atomic mass is 9.99. The lowest BCUT2D eigenvalue weighted by Gasteiger charge is -2.23. The van der Waals surface area contributed by atoms with Gasteiger partial charge in [0, 0.05) is 12.6 Å². The van der Waals surface area contributed by atoms with Gasteiger partial charge in [-0.2, -0.15) is 0 Å². The molecule has 1 aliphatic heterocycles. The fourth-order valence-electron chi connectivity index (χ4n) is 2.94. The molecule has 19 heavy (non-hydrogen) atoms. The fourth-order valence-corrected chi connectivity index (χ4v) is 2.94. The van der Waals surface area contributed by atoms with Gasteiger partial charge in [-0.25, -0.2) is 0 Å². The van der Waals surface area contributed by atoms with E-state index in [4.69, 9.17) is 0 Å². The van der Waals surface area contributed by atoms with Crippen LogP contribution >= 0.6 is 0 Å². The SMILES string of the molecule is CNC(CN1CCCC1)c1ccc(CC(C)C)cc1. The topological polar surface area (TPSA) is 15.3 Å². The van der Waals surface area contributed by atoms with Crippen LogP contribution in [-0.2, 0) is 6.42 Å². The molecule has 1 saturated heterocycles. The molecule has 1 atom stereocenters. The quantitative estimate of drug-likeness (QED) is 0.844. The van der Waals surface area contributed by atoms with E-state index in [1.165, 1.54) is 43.5 Å². The second kappa shape index (κ2) is 7.06. The van der Waals surface area contributed by atoms with E-state index in [1.54, 1.807) is 0 Å². The second-order valence-corrected chi connectivity index (χ2v) is 6.19. The van der Waals surface area contributed by atoms with Crippen molar-refractivity contribution in [2.75, 3.05) is 26.7 Å². The van der Waals surface area contributed by atoms with Crippen molar-refractivity contribution in [3.63, 3.8) is 0 Å². The van der Waals surface area contributed by atoms with E-state index in [0.29, 0.717) is 6.04 Å². The van der Waals surface area contributed by atoms with Crippen molar-refractivity contribution in [1.82, 2.24) is 10.2 Å². The van der Waals surface area contributed by atoms with Crippen molar-refractivity contribution >= 4 is 0 Å². The normalized spacial score (nSPS) is 18.1. The van der Waals surface area contributed by atoms with Crippen LogP contribution in [0.15, 0.2) is 24.3 Å². The van der Waals surface area contributed by atoms with Crippen LogP contribution in [0.1, 0.15) is 43.9 Å². The molecule has 1 heterocycles. The van der Waals surface area contributed by atoms with Gasteiger partial charge in [-0.15, -0.1) is 0 Å². The molecule has 2 heteroatoms. The Balaban J connectivity index is 1.97. The number of likely N-dealkylation sites (N-methyl/N-ethyl adjacent to an activating group) is 1. The summed E-state index contributed by atoms with van der Waals surface area (Å²) in [7, 11) is 2.07. The standard InChI is InChI=1S/C17H28N2/c1-14(2)12-15-6-8-16(9-7-15)17(18-3)13-19-10-4-5-11-19/h6-9,14,17-18H,4-5,10-13H2,1-3H3. The lowest BCUT2D eigenvalue weighted by Crippen LogP contribution is -2.31. The third-order valence-electron chi connectivity index (χ3n) is 4.01. The number of rotatable bonds is 6. The van der Waals surface area contributed by atoms with Crippen LogP contribution in [0.3, 0.4) is 0 Å². The van der Waals surface area contributed by atoms with Gasteiger partial charge in [0.05, 0.1) is 0 Å². The molecule has 2 nitrogen and oxygen atoms in total. The number of likely N-dealkylation sites (tertiary alicyclic amines) is 1. The highest BCUT2D eigenvalue weighted by atomic mass is 15.2. The maximum atomic E-state index is 3.46. The molecule has 1 unspecified atom stereocenters. The molecule has 0 spiro atoms. The minimum atomic E-state index is 0.464. The monoisotopic (exact) mass is 260 g/mol. The van der Waals surface area contributed by atoms with E-state index in [-0.39, 0.29) is 0 Å². The molecule has 1 fully saturated rings. The van der Waals surface area contributed by atoms with Crippen LogP contribution in [-0.4, -0.2) is 31.6 Å². The van der Waals surface area contributed by atoms with Crippen LogP contribution < -0.4 is 5.32 Å². The number of hydrogen-bond donors (Lipinski definition) is 1. The number of nitrogens with one attached hydrogen (secondary N) is 1. The smallest absolute Gasteiger partial charge is 0.0446 e. The van der Waals surface area contributed by atoms with Crippen LogP contribution in [0, 0.1) is 5.92 Å². The highest BCUT2D eigenvalue weighted by Gasteiger charge is 2.17. The molecule has 1 aromatic carbocycles. The molecule has 106 valence electrons. The number of hydrogen-bond acceptors (Lipinski definition) is 2. The first-order chi connectivity index (χ1) is 9.19. The van der Waals surface area contributed by atoms with Gasteiger partial charge in [0.25, 0.3) is 0 Å². The third kappa shape index (κ3) is 4.32. The molecule has 0 aliphatic carbocycles. The van der Waals surface area contributed by atoms with E-state index in [0.717, 1.165) is 12.5 Å². The van der Waals surface area contributed by atoms with Gasteiger partial charge in [-0.05, 0) is 56.4 Å². The summed E-state index contributed by atoms with van der Waals surface area (Å²) in [5.41, 5.74) is 2.87. The predicted molar refractivity (Wildman–Crippen MR) is 82.5 cm³/mol. The highest BCUT2D eigenvalue weighted by molar-refractivity contribution is 5.25. The summed E-state index contributed by atoms with van der Waals surface area (Å²) in [6, 6.07) is 9.66. The Kier molecular flexibility index (Phi) is 5.41. The Morgan fingerprint density at radius 3 is 2.26 bits per heavy atom. The zero-order valence-corrected chi connectivity index (χ0v) is 12.7. The molecule has 0 amide bonds. The summed E-state index contributed by atoms with van der Waals surface area (Å²) in [5, 5.41) is 3.46. The first-order valence-corrected chi connectivity index (χ1v) is 7.67. The molecule has 0 radical (unpaired) electrons. The molecule has 1 N–H and O–H groups in total. The van der Waals surface area contributed by atoms with Crippen molar-refractivity contribution in [3.8, 4) is 0 Å². The Bertz CT molecular complexity index is 363. The van der Waals surface area contributed by atoms with Crippen molar-refractivity contribution in [3.05, 3.63) is 35.4 Å². The molecule has 2 rings (SSSR count). The summed E-state index contributed by atoms with van der Waals surface area (Å²) in [4.78, 5) is 2.57. The van der Waals surface area contributed by atoms with Crippen molar-refractivity contribution in [2.45, 2.75) is 39.2 Å². The van der Waals surface area contributed by atoms with Gasteiger partial charge >= 0.3 is 0 Å². The summed E-state index contributed by atoms with van der Waals surface area (Å²) in [6.07, 6.45) is 3.91. The molecule has 1 aliphatic rings. The minimum Gasteiger partial charge on any atom is -0.312 e. The van der Waals surface area contributed by atoms with Crippen LogP contribution in [0.4, 0.5) is 0 Å². The average molecular weight is 260 g/mol. The molecule has 1 aromatic rings. The van der Waals surface area contributed by atoms with Crippen LogP contribution in [0.5, 0.6) is 0 Å². The van der Waals surface area contributed by atoms with Crippen molar-refractivity contribution in [1.29, 1.82) is 0 Å². The van der Waals surface area contributed by atoms with Crippen LogP contribution in [0.2, 0.25) is 0 Å². The Hall–Kier alpha value is -0.860. The average Bonchev–Trinajstić information content (AvgIpc) is 2.89. The van der Waals surface area contributed by atoms with Crippen LogP contribution in [0.25, 0.3) is 0 Å². The first kappa shape index (κ1) is 14.5. The maximum Gasteiger partial charge on any atom is 0.0446 e. The summed E-state index contributed by atoms with van der Waals surface area (Å²) < 4.78 is 0. The zero-order chi connectivity index (χ0) is 13.7. The molecule has 0 saturated carbocycles. The van der Waals surface area contributed by atoms with Crippen molar-refractivity contribution in [2.24, 2.45) is 5.92 Å². The minimum absolute atomic E-state index is 0.464. The maximum absolute atomic E-state index is 3.46. The van der Waals surface area contributed by atoms with Gasteiger partial charge in [-0.3, -0.25) is 0 Å². The predicted octanol–water partition coefficient (Wildman–Crippen LogP) is 3.24. The molecular formula is C17H28N2. The molecular weight excluding hydrogens is 232 g/mol. The largest absolute Gasteiger partial charge is 0.312 e. The van der Waals surface area contributed by atoms with E-state index in [1.807, 2.05) is 0 Å². The van der Waals surface area contributed by atoms with Gasteiger partial charge in [0.15, 0.2) is 0 Å². The summed E-state index contributed by atoms with van der Waals surface area (Å²) in [6.45, 7) is 8.22. The number of nitrogens with zero attached hydrogens (tertiary/aromatic N) is 1. The second-order valence-electron chi connectivity index (χ2n) is 6.19. The van der Waals surface area contributed by atoms with E-state index in [2.05, 4.69) is 55.4 Å². The first-order valence-electron chi connectivity index (χ1n) is 7.67. The van der Waals surface area contributed by atoms with Gasteiger partial charge in [0.2, 0.25) is 0 Å². The molecule has 0 bridgehead atoms. The van der Waals surface area contributed by atoms with Crippen molar-refractivity contribution < 1.29 is 0 Å². The summed E-state index contributed by atoms with van der Waals surface area (Å²) >= 11 is 0. The van der Waals surface area contributed by atoms with Gasteiger partial charge in [0.1, 0.15) is 0 Å². The van der Waals surface area contributed by atoms with E-state index in [9.17, 15) is 0 Å². The van der Waals surface area contributed by atoms with Gasteiger partial charge < -0.3 is 10.2 Å². The van der Waals surface area contributed by atoms with E-state index < -0.39 is 0 Å². The Labute approximate surface area is 118 Å². The Morgan fingerprint density at radius 1 is 1.11 bits per heavy atom. The Morgan fingerprint density at radius 2 is 1.74 bits per heavy atom. The lowest BCUT2D eigenvalue weighted by molar-refractivity contribution is 0.299. The number of benzene rings is 1. The third-order valence-corrected chi connectivity index (χ3v) is 4.01. The zero-order valence-electron chi connectivity index (χ0n) is 12.7. The fraction of sp³-hybridized carbons (Fsp3) is 0.647. The summed E-state index contributed by atoms with van der Waals surface area (Å²) in [5.74, 6) is 0.732.